The molecule has 1 fully saturated rings. The smallest absolute Gasteiger partial charge is 0.327 e. The highest BCUT2D eigenvalue weighted by Crippen LogP contribution is 2.30. The number of hydrogen-bond donors (Lipinski definition) is 4. The van der Waals surface area contributed by atoms with Crippen LogP contribution in [0.5, 0.6) is 0 Å². The van der Waals surface area contributed by atoms with Crippen LogP contribution in [0.15, 0.2) is 71.3 Å². The van der Waals surface area contributed by atoms with Crippen LogP contribution >= 0.6 is 0 Å². The Balaban J connectivity index is 1.30. The number of urea groups is 1. The van der Waals surface area contributed by atoms with Gasteiger partial charge in [-0.1, -0.05) is 44.5 Å². The first-order valence-corrected chi connectivity index (χ1v) is 17.4. The molecule has 5 N–H and O–H groups in total. The molecule has 1 saturated heterocycles. The minimum absolute atomic E-state index is 0.000944. The number of carbonyl (C=O) groups is 1. The predicted octanol–water partition coefficient (Wildman–Crippen LogP) is 3.78. The fourth-order valence-corrected chi connectivity index (χ4v) is 7.83. The molecule has 0 spiro atoms. The Labute approximate surface area is 262 Å². The summed E-state index contributed by atoms with van der Waals surface area (Å²) in [7, 11) is -3.67. The van der Waals surface area contributed by atoms with E-state index in [0.717, 1.165) is 92.9 Å². The minimum atomic E-state index is -3.67. The number of piperidine rings is 1. The molecule has 10 nitrogen and oxygen atoms in total. The second-order valence-electron chi connectivity index (χ2n) is 11.7. The van der Waals surface area contributed by atoms with Crippen molar-refractivity contribution in [2.75, 3.05) is 44.2 Å². The number of anilines is 1. The minimum Gasteiger partial charge on any atom is -0.361 e. The van der Waals surface area contributed by atoms with Crippen molar-refractivity contribution in [3.63, 3.8) is 0 Å². The molecule has 3 heterocycles. The van der Waals surface area contributed by atoms with E-state index in [1.807, 2.05) is 48.7 Å². The Morgan fingerprint density at radius 1 is 0.932 bits per heavy atom. The van der Waals surface area contributed by atoms with Crippen LogP contribution in [0.3, 0.4) is 0 Å². The van der Waals surface area contributed by atoms with E-state index in [0.29, 0.717) is 18.0 Å². The van der Waals surface area contributed by atoms with Crippen molar-refractivity contribution < 1.29 is 13.2 Å². The largest absolute Gasteiger partial charge is 0.361 e. The van der Waals surface area contributed by atoms with Gasteiger partial charge in [0, 0.05) is 36.6 Å². The van der Waals surface area contributed by atoms with Crippen LogP contribution < -0.4 is 26.6 Å². The number of fused-ring (bicyclic) bond motifs is 1. The van der Waals surface area contributed by atoms with Gasteiger partial charge >= 0.3 is 6.03 Å². The molecule has 0 radical (unpaired) electrons. The summed E-state index contributed by atoms with van der Waals surface area (Å²) in [5, 5.41) is 9.74. The van der Waals surface area contributed by atoms with Gasteiger partial charge in [0.25, 0.3) is 0 Å². The topological polar surface area (TPSA) is 123 Å². The highest BCUT2D eigenvalue weighted by atomic mass is 32.2. The van der Waals surface area contributed by atoms with E-state index in [-0.39, 0.29) is 18.2 Å². The summed E-state index contributed by atoms with van der Waals surface area (Å²) in [6, 6.07) is 14.5. The van der Waals surface area contributed by atoms with E-state index in [4.69, 9.17) is 5.73 Å². The first kappa shape index (κ1) is 32.2. The van der Waals surface area contributed by atoms with Crippen LogP contribution in [0.25, 0.3) is 5.70 Å². The standard InChI is InChI=1S/C33H47N7O3S/c1-3-5-19-38(4-2)20-6-21-40(29-15-17-35-18-16-29)44(42,43)30-13-9-26(10-14-30)31-22-27-24-39(33(41)37-32(27)36-31)28-11-7-25(23-34)8-12-28/h7-14,22,24,29,32,35-36H,3-6,15-21,23,34H2,1-2H3,(H,37,41). The molecule has 3 aliphatic heterocycles. The lowest BCUT2D eigenvalue weighted by Gasteiger charge is -2.34. The van der Waals surface area contributed by atoms with Crippen molar-refractivity contribution in [2.24, 2.45) is 5.73 Å². The first-order valence-electron chi connectivity index (χ1n) is 16.0. The quantitative estimate of drug-likeness (QED) is 0.253. The number of sulfonamides is 1. The van der Waals surface area contributed by atoms with Gasteiger partial charge in [-0.05, 0) is 99.9 Å². The van der Waals surface area contributed by atoms with Crippen molar-refractivity contribution in [1.82, 2.24) is 25.2 Å². The molecule has 0 aliphatic carbocycles. The first-order chi connectivity index (χ1) is 21.3. The molecule has 0 saturated carbocycles. The van der Waals surface area contributed by atoms with E-state index in [1.54, 1.807) is 21.3 Å². The van der Waals surface area contributed by atoms with Crippen LogP contribution in [0.2, 0.25) is 0 Å². The third kappa shape index (κ3) is 7.35. The lowest BCUT2D eigenvalue weighted by Crippen LogP contribution is -2.51. The fraction of sp³-hybridized carbons (Fsp3) is 0.485. The number of nitrogens with zero attached hydrogens (tertiary/aromatic N) is 3. The van der Waals surface area contributed by atoms with E-state index >= 15 is 0 Å². The van der Waals surface area contributed by atoms with Gasteiger partial charge in [0.2, 0.25) is 10.0 Å². The third-order valence-electron chi connectivity index (χ3n) is 8.77. The van der Waals surface area contributed by atoms with E-state index in [9.17, 15) is 13.2 Å². The van der Waals surface area contributed by atoms with Crippen molar-refractivity contribution in [3.8, 4) is 0 Å². The zero-order valence-electron chi connectivity index (χ0n) is 26.0. The molecule has 2 amide bonds. The summed E-state index contributed by atoms with van der Waals surface area (Å²) < 4.78 is 29.8. The molecular weight excluding hydrogens is 574 g/mol. The molecule has 0 aromatic heterocycles. The van der Waals surface area contributed by atoms with Crippen LogP contribution in [0.1, 0.15) is 57.1 Å². The normalized spacial score (nSPS) is 19.1. The molecule has 238 valence electrons. The Morgan fingerprint density at radius 3 is 2.30 bits per heavy atom. The molecule has 1 unspecified atom stereocenters. The Morgan fingerprint density at radius 2 is 1.64 bits per heavy atom. The van der Waals surface area contributed by atoms with E-state index in [1.165, 1.54) is 0 Å². The number of hydrogen-bond acceptors (Lipinski definition) is 7. The Bertz CT molecular complexity index is 1430. The van der Waals surface area contributed by atoms with Gasteiger partial charge in [-0.15, -0.1) is 0 Å². The lowest BCUT2D eigenvalue weighted by molar-refractivity contribution is 0.231. The number of benzene rings is 2. The van der Waals surface area contributed by atoms with E-state index in [2.05, 4.69) is 34.7 Å². The molecule has 2 aromatic rings. The molecule has 5 rings (SSSR count). The second-order valence-corrected chi connectivity index (χ2v) is 13.6. The van der Waals surface area contributed by atoms with Crippen molar-refractivity contribution in [3.05, 3.63) is 77.5 Å². The van der Waals surface area contributed by atoms with Crippen LogP contribution in [0.4, 0.5) is 10.5 Å². The Hall–Kier alpha value is -3.22. The highest BCUT2D eigenvalue weighted by Gasteiger charge is 2.33. The summed E-state index contributed by atoms with van der Waals surface area (Å²) in [6.07, 6.45) is 8.24. The molecule has 3 aliphatic rings. The number of rotatable bonds is 14. The number of nitrogens with two attached hydrogens (primary N) is 1. The van der Waals surface area contributed by atoms with Crippen LogP contribution in [0, 0.1) is 0 Å². The van der Waals surface area contributed by atoms with Crippen LogP contribution in [-0.2, 0) is 16.6 Å². The maximum atomic E-state index is 14.0. The van der Waals surface area contributed by atoms with Gasteiger partial charge in [-0.25, -0.2) is 13.2 Å². The van der Waals surface area contributed by atoms with Gasteiger partial charge < -0.3 is 26.6 Å². The molecule has 11 heteroatoms. The van der Waals surface area contributed by atoms with E-state index < -0.39 is 10.0 Å². The zero-order valence-corrected chi connectivity index (χ0v) is 26.8. The van der Waals surface area contributed by atoms with Crippen LogP contribution in [-0.4, -0.2) is 75.1 Å². The summed E-state index contributed by atoms with van der Waals surface area (Å²) >= 11 is 0. The SMILES string of the molecule is CCCCN(CC)CCCN(C1CCNCC1)S(=O)(=O)c1ccc(C2=CC3=CN(c4ccc(CN)cc4)C(=O)NC3N2)cc1. The second kappa shape index (κ2) is 14.7. The van der Waals surface area contributed by atoms with Crippen molar-refractivity contribution in [2.45, 2.75) is 69.6 Å². The van der Waals surface area contributed by atoms with Gasteiger partial charge in [0.1, 0.15) is 6.17 Å². The maximum Gasteiger partial charge on any atom is 0.327 e. The summed E-state index contributed by atoms with van der Waals surface area (Å²) in [5.74, 6) is 0. The fourth-order valence-electron chi connectivity index (χ4n) is 6.11. The Kier molecular flexibility index (Phi) is 10.8. The summed E-state index contributed by atoms with van der Waals surface area (Å²) in [6.45, 7) is 9.92. The maximum absolute atomic E-state index is 14.0. The molecule has 2 aromatic carbocycles. The van der Waals surface area contributed by atoms with Gasteiger partial charge in [0.15, 0.2) is 0 Å². The summed E-state index contributed by atoms with van der Waals surface area (Å²) in [4.78, 5) is 17.2. The predicted molar refractivity (Wildman–Crippen MR) is 176 cm³/mol. The number of unbranched alkanes of at least 4 members (excludes halogenated alkanes) is 1. The third-order valence-corrected chi connectivity index (χ3v) is 10.7. The highest BCUT2D eigenvalue weighted by molar-refractivity contribution is 7.89. The van der Waals surface area contributed by atoms with Gasteiger partial charge in [-0.2, -0.15) is 4.31 Å². The average Bonchev–Trinajstić information content (AvgIpc) is 3.47. The lowest BCUT2D eigenvalue weighted by atomic mass is 10.1. The van der Waals surface area contributed by atoms with Gasteiger partial charge in [0.05, 0.1) is 10.6 Å². The monoisotopic (exact) mass is 621 g/mol. The number of nitrogens with one attached hydrogen (secondary N) is 3. The molecular formula is C33H47N7O3S. The zero-order chi connectivity index (χ0) is 31.1. The molecule has 44 heavy (non-hydrogen) atoms. The van der Waals surface area contributed by atoms with Gasteiger partial charge in [-0.3, -0.25) is 4.90 Å². The number of amides is 2. The molecule has 0 bridgehead atoms. The number of carbonyl (C=O) groups excluding carboxylic acids is 1. The molecule has 1 atom stereocenters. The average molecular weight is 622 g/mol. The summed E-state index contributed by atoms with van der Waals surface area (Å²) in [5.41, 5.74) is 10.1. The van der Waals surface area contributed by atoms with Crippen molar-refractivity contribution >= 4 is 27.4 Å². The van der Waals surface area contributed by atoms with Crippen molar-refractivity contribution in [1.29, 1.82) is 0 Å².